The monoisotopic (exact) mass is 392 g/mol. The van der Waals surface area contributed by atoms with Crippen molar-refractivity contribution in [2.24, 2.45) is 0 Å². The Hall–Kier alpha value is -3.92. The van der Waals surface area contributed by atoms with Gasteiger partial charge < -0.3 is 9.97 Å². The Bertz CT molecular complexity index is 1440. The van der Waals surface area contributed by atoms with Gasteiger partial charge in [-0.2, -0.15) is 0 Å². The summed E-state index contributed by atoms with van der Waals surface area (Å²) in [5, 5.41) is 1.11. The third-order valence-corrected chi connectivity index (χ3v) is 5.65. The number of nitrogens with one attached hydrogen (secondary N) is 2. The van der Waals surface area contributed by atoms with E-state index in [1.54, 1.807) is 24.3 Å². The number of benzene rings is 3. The van der Waals surface area contributed by atoms with Crippen LogP contribution in [-0.4, -0.2) is 9.97 Å². The van der Waals surface area contributed by atoms with Gasteiger partial charge in [0, 0.05) is 45.4 Å². The summed E-state index contributed by atoms with van der Waals surface area (Å²) in [5.41, 5.74) is 6.75. The summed E-state index contributed by atoms with van der Waals surface area (Å²) in [4.78, 5) is 32.5. The number of hydrogen-bond acceptors (Lipinski definition) is 2. The van der Waals surface area contributed by atoms with Crippen molar-refractivity contribution >= 4 is 21.8 Å². The van der Waals surface area contributed by atoms with E-state index in [2.05, 4.69) is 9.97 Å². The number of rotatable bonds is 2. The molecule has 0 aliphatic carbocycles. The Balaban J connectivity index is 1.77. The van der Waals surface area contributed by atoms with Crippen LogP contribution in [0, 0.1) is 13.8 Å². The highest BCUT2D eigenvalue weighted by Crippen LogP contribution is 2.25. The highest BCUT2D eigenvalue weighted by Gasteiger charge is 2.11. The lowest BCUT2D eigenvalue weighted by molar-refractivity contribution is 1.33. The number of aromatic amines is 2. The van der Waals surface area contributed by atoms with Gasteiger partial charge in [0.2, 0.25) is 0 Å². The molecule has 2 aromatic heterocycles. The summed E-state index contributed by atoms with van der Waals surface area (Å²) in [6.07, 6.45) is 0. The first-order valence-electron chi connectivity index (χ1n) is 9.87. The van der Waals surface area contributed by atoms with Gasteiger partial charge in [-0.3, -0.25) is 9.59 Å². The van der Waals surface area contributed by atoms with E-state index in [0.29, 0.717) is 21.8 Å². The van der Waals surface area contributed by atoms with E-state index in [4.69, 9.17) is 0 Å². The highest BCUT2D eigenvalue weighted by atomic mass is 16.1. The zero-order chi connectivity index (χ0) is 20.8. The first-order valence-corrected chi connectivity index (χ1v) is 9.87. The fraction of sp³-hybridized carbons (Fsp3) is 0.0769. The molecule has 3 aromatic carbocycles. The molecule has 0 amide bonds. The lowest BCUT2D eigenvalue weighted by atomic mass is 10.0. The minimum atomic E-state index is -0.0777. The van der Waals surface area contributed by atoms with E-state index in [-0.39, 0.29) is 10.9 Å². The van der Waals surface area contributed by atoms with E-state index in [0.717, 1.165) is 33.6 Å². The lowest BCUT2D eigenvalue weighted by Gasteiger charge is -2.10. The van der Waals surface area contributed by atoms with Crippen molar-refractivity contribution in [3.63, 3.8) is 0 Å². The van der Waals surface area contributed by atoms with Crippen molar-refractivity contribution in [3.05, 3.63) is 104 Å². The summed E-state index contributed by atoms with van der Waals surface area (Å²) < 4.78 is 0. The van der Waals surface area contributed by atoms with Crippen LogP contribution in [0.3, 0.4) is 0 Å². The summed E-state index contributed by atoms with van der Waals surface area (Å²) in [6.45, 7) is 4.02. The van der Waals surface area contributed by atoms with Crippen LogP contribution in [0.25, 0.3) is 44.3 Å². The Morgan fingerprint density at radius 2 is 0.967 bits per heavy atom. The van der Waals surface area contributed by atoms with Gasteiger partial charge in [0.1, 0.15) is 0 Å². The first-order chi connectivity index (χ1) is 14.5. The van der Waals surface area contributed by atoms with E-state index in [9.17, 15) is 9.59 Å². The Morgan fingerprint density at radius 3 is 1.37 bits per heavy atom. The lowest BCUT2D eigenvalue weighted by Crippen LogP contribution is -2.07. The Morgan fingerprint density at radius 1 is 0.567 bits per heavy atom. The molecular weight excluding hydrogens is 372 g/mol. The molecule has 146 valence electrons. The summed E-state index contributed by atoms with van der Waals surface area (Å²) in [7, 11) is 0. The summed E-state index contributed by atoms with van der Waals surface area (Å²) >= 11 is 0. The van der Waals surface area contributed by atoms with E-state index < -0.39 is 0 Å². The first kappa shape index (κ1) is 18.1. The second-order valence-corrected chi connectivity index (χ2v) is 7.67. The second-order valence-electron chi connectivity index (χ2n) is 7.67. The molecule has 0 aliphatic heterocycles. The third kappa shape index (κ3) is 2.94. The van der Waals surface area contributed by atoms with Crippen molar-refractivity contribution in [2.75, 3.05) is 0 Å². The fourth-order valence-corrected chi connectivity index (χ4v) is 4.03. The molecule has 0 radical (unpaired) electrons. The predicted molar refractivity (Wildman–Crippen MR) is 123 cm³/mol. The van der Waals surface area contributed by atoms with Crippen LogP contribution in [0.4, 0.5) is 0 Å². The van der Waals surface area contributed by atoms with Crippen molar-refractivity contribution < 1.29 is 0 Å². The van der Waals surface area contributed by atoms with Crippen molar-refractivity contribution in [1.82, 2.24) is 9.97 Å². The molecule has 0 bridgehead atoms. The molecule has 0 spiro atoms. The maximum absolute atomic E-state index is 12.9. The predicted octanol–water partition coefficient (Wildman–Crippen LogP) is 5.32. The Kier molecular flexibility index (Phi) is 4.14. The smallest absolute Gasteiger partial charge is 0.190 e. The second kappa shape index (κ2) is 6.85. The number of aryl methyl sites for hydroxylation is 2. The van der Waals surface area contributed by atoms with Gasteiger partial charge in [0.15, 0.2) is 10.9 Å². The van der Waals surface area contributed by atoms with Crippen LogP contribution in [0.1, 0.15) is 11.1 Å². The maximum atomic E-state index is 12.9. The Labute approximate surface area is 172 Å². The molecule has 0 unspecified atom stereocenters. The maximum Gasteiger partial charge on any atom is 0.190 e. The summed E-state index contributed by atoms with van der Waals surface area (Å²) in [5.74, 6) is 0. The van der Waals surface area contributed by atoms with Gasteiger partial charge >= 0.3 is 0 Å². The molecule has 0 saturated heterocycles. The minimum Gasteiger partial charge on any atom is -0.354 e. The number of hydrogen-bond donors (Lipinski definition) is 2. The van der Waals surface area contributed by atoms with E-state index in [1.807, 2.05) is 62.4 Å². The zero-order valence-corrected chi connectivity index (χ0v) is 16.7. The molecule has 30 heavy (non-hydrogen) atoms. The molecular formula is C26H20N2O2. The minimum absolute atomic E-state index is 0.0777. The van der Waals surface area contributed by atoms with Crippen LogP contribution >= 0.6 is 0 Å². The van der Waals surface area contributed by atoms with Crippen molar-refractivity contribution in [2.45, 2.75) is 13.8 Å². The van der Waals surface area contributed by atoms with Crippen molar-refractivity contribution in [3.8, 4) is 22.5 Å². The number of pyridine rings is 2. The molecule has 0 aliphatic rings. The summed E-state index contributed by atoms with van der Waals surface area (Å²) in [6, 6.07) is 22.6. The molecule has 2 N–H and O–H groups in total. The molecule has 5 rings (SSSR count). The van der Waals surface area contributed by atoms with Gasteiger partial charge in [-0.25, -0.2) is 0 Å². The van der Waals surface area contributed by atoms with Gasteiger partial charge in [-0.15, -0.1) is 0 Å². The van der Waals surface area contributed by atoms with Crippen LogP contribution in [0.2, 0.25) is 0 Å². The normalized spacial score (nSPS) is 11.3. The SMILES string of the molecule is Cc1ccccc1-c1cc(=O)c2cc3[nH]c(-c4ccccc4C)cc(=O)c3cc2[nH]1. The molecule has 2 heterocycles. The van der Waals surface area contributed by atoms with Crippen LogP contribution in [0.15, 0.2) is 82.4 Å². The average molecular weight is 392 g/mol. The topological polar surface area (TPSA) is 65.7 Å². The van der Waals surface area contributed by atoms with Crippen LogP contribution < -0.4 is 10.9 Å². The molecule has 0 fully saturated rings. The van der Waals surface area contributed by atoms with Gasteiger partial charge in [0.25, 0.3) is 0 Å². The fourth-order valence-electron chi connectivity index (χ4n) is 4.03. The van der Waals surface area contributed by atoms with Gasteiger partial charge in [0.05, 0.1) is 11.0 Å². The number of fused-ring (bicyclic) bond motifs is 2. The standard InChI is InChI=1S/C26H20N2O2/c1-15-7-3-5-9-17(15)23-13-25(29)19-12-22-20(11-21(19)27-23)26(30)14-24(28-22)18-10-6-4-8-16(18)2/h3-14H,1-2H3,(H,27,29)(H,28,30). The van der Waals surface area contributed by atoms with Crippen LogP contribution in [-0.2, 0) is 0 Å². The third-order valence-electron chi connectivity index (χ3n) is 5.65. The number of aromatic nitrogens is 2. The highest BCUT2D eigenvalue weighted by molar-refractivity contribution is 5.96. The van der Waals surface area contributed by atoms with Crippen molar-refractivity contribution in [1.29, 1.82) is 0 Å². The quantitative estimate of drug-likeness (QED) is 0.399. The largest absolute Gasteiger partial charge is 0.354 e. The average Bonchev–Trinajstić information content (AvgIpc) is 2.73. The van der Waals surface area contributed by atoms with E-state index in [1.165, 1.54) is 0 Å². The number of H-pyrrole nitrogens is 2. The molecule has 0 saturated carbocycles. The zero-order valence-electron chi connectivity index (χ0n) is 16.7. The molecule has 5 aromatic rings. The van der Waals surface area contributed by atoms with Gasteiger partial charge in [-0.05, 0) is 37.1 Å². The van der Waals surface area contributed by atoms with E-state index >= 15 is 0 Å². The molecule has 4 heteroatoms. The van der Waals surface area contributed by atoms with Crippen LogP contribution in [0.5, 0.6) is 0 Å². The molecule has 4 nitrogen and oxygen atoms in total. The van der Waals surface area contributed by atoms with Gasteiger partial charge in [-0.1, -0.05) is 48.5 Å². The molecule has 0 atom stereocenters.